The summed E-state index contributed by atoms with van der Waals surface area (Å²) in [4.78, 5) is 21.3. The molecule has 1 rings (SSSR count). The van der Waals surface area contributed by atoms with Crippen LogP contribution in [0, 0.1) is 0 Å². The standard InChI is InChI=1S/C6H9N3O2/c1-2-5(10)7-4-3-6(11)9-8-4/h3H,2H2,1H3,(H3,7,8,9,10,11). The molecule has 0 spiro atoms. The van der Waals surface area contributed by atoms with Gasteiger partial charge in [-0.3, -0.25) is 19.8 Å². The highest BCUT2D eigenvalue weighted by molar-refractivity contribution is 5.89. The maximum absolute atomic E-state index is 10.7. The molecule has 0 saturated carbocycles. The highest BCUT2D eigenvalue weighted by Gasteiger charge is 1.99. The minimum atomic E-state index is -0.253. The monoisotopic (exact) mass is 155 g/mol. The zero-order chi connectivity index (χ0) is 8.27. The molecule has 0 aromatic carbocycles. The SMILES string of the molecule is CCC(=O)Nc1cc(=O)[nH][nH]1. The Bertz CT molecular complexity index is 299. The van der Waals surface area contributed by atoms with Crippen molar-refractivity contribution in [3.8, 4) is 0 Å². The van der Waals surface area contributed by atoms with Crippen LogP contribution in [0.25, 0.3) is 0 Å². The predicted octanol–water partition coefficient (Wildman–Crippen LogP) is 0.0515. The molecule has 0 bridgehead atoms. The lowest BCUT2D eigenvalue weighted by molar-refractivity contribution is -0.115. The highest BCUT2D eigenvalue weighted by Crippen LogP contribution is 1.94. The van der Waals surface area contributed by atoms with E-state index in [1.807, 2.05) is 0 Å². The molecule has 60 valence electrons. The Morgan fingerprint density at radius 2 is 2.36 bits per heavy atom. The van der Waals surface area contributed by atoms with Gasteiger partial charge in [0.15, 0.2) is 0 Å². The molecule has 11 heavy (non-hydrogen) atoms. The predicted molar refractivity (Wildman–Crippen MR) is 40.3 cm³/mol. The summed E-state index contributed by atoms with van der Waals surface area (Å²) in [5.41, 5.74) is -0.253. The van der Waals surface area contributed by atoms with Gasteiger partial charge >= 0.3 is 0 Å². The Kier molecular flexibility index (Phi) is 2.10. The summed E-state index contributed by atoms with van der Waals surface area (Å²) in [7, 11) is 0. The number of anilines is 1. The van der Waals surface area contributed by atoms with Gasteiger partial charge in [0.1, 0.15) is 5.82 Å². The number of carbonyl (C=O) groups is 1. The van der Waals surface area contributed by atoms with Crippen molar-refractivity contribution in [3.63, 3.8) is 0 Å². The number of amides is 1. The van der Waals surface area contributed by atoms with Crippen molar-refractivity contribution in [1.29, 1.82) is 0 Å². The Morgan fingerprint density at radius 3 is 2.82 bits per heavy atom. The molecule has 0 aliphatic carbocycles. The van der Waals surface area contributed by atoms with E-state index in [0.29, 0.717) is 12.2 Å². The summed E-state index contributed by atoms with van der Waals surface area (Å²) >= 11 is 0. The van der Waals surface area contributed by atoms with Gasteiger partial charge in [0.25, 0.3) is 5.56 Å². The Hall–Kier alpha value is -1.52. The molecule has 1 heterocycles. The van der Waals surface area contributed by atoms with Crippen LogP contribution in [0.1, 0.15) is 13.3 Å². The van der Waals surface area contributed by atoms with Gasteiger partial charge < -0.3 is 5.32 Å². The smallest absolute Gasteiger partial charge is 0.266 e. The van der Waals surface area contributed by atoms with E-state index in [9.17, 15) is 9.59 Å². The van der Waals surface area contributed by atoms with Crippen LogP contribution >= 0.6 is 0 Å². The second-order valence-corrected chi connectivity index (χ2v) is 2.07. The highest BCUT2D eigenvalue weighted by atomic mass is 16.2. The number of hydrogen-bond donors (Lipinski definition) is 3. The number of H-pyrrole nitrogens is 2. The van der Waals surface area contributed by atoms with Crippen molar-refractivity contribution in [3.05, 3.63) is 16.4 Å². The van der Waals surface area contributed by atoms with E-state index in [0.717, 1.165) is 0 Å². The average Bonchev–Trinajstić information content (AvgIpc) is 2.35. The Morgan fingerprint density at radius 1 is 1.64 bits per heavy atom. The van der Waals surface area contributed by atoms with Crippen LogP contribution < -0.4 is 10.9 Å². The molecule has 3 N–H and O–H groups in total. The lowest BCUT2D eigenvalue weighted by atomic mass is 10.4. The van der Waals surface area contributed by atoms with Crippen molar-refractivity contribution in [2.75, 3.05) is 5.32 Å². The van der Waals surface area contributed by atoms with Gasteiger partial charge in [-0.05, 0) is 0 Å². The number of rotatable bonds is 2. The Balaban J connectivity index is 2.65. The number of nitrogens with one attached hydrogen (secondary N) is 3. The molecular weight excluding hydrogens is 146 g/mol. The molecule has 0 unspecified atom stereocenters. The van der Waals surface area contributed by atoms with E-state index in [2.05, 4.69) is 15.5 Å². The third kappa shape index (κ3) is 1.96. The third-order valence-corrected chi connectivity index (χ3v) is 1.19. The molecule has 0 radical (unpaired) electrons. The summed E-state index contributed by atoms with van der Waals surface area (Å²) in [5.74, 6) is 0.280. The lowest BCUT2D eigenvalue weighted by Crippen LogP contribution is -2.09. The van der Waals surface area contributed by atoms with Gasteiger partial charge in [0.2, 0.25) is 5.91 Å². The lowest BCUT2D eigenvalue weighted by Gasteiger charge is -1.96. The van der Waals surface area contributed by atoms with Crippen molar-refractivity contribution >= 4 is 11.7 Å². The summed E-state index contributed by atoms with van der Waals surface area (Å²) in [5, 5.41) is 7.29. The van der Waals surface area contributed by atoms with E-state index >= 15 is 0 Å². The first-order valence-corrected chi connectivity index (χ1v) is 3.30. The fourth-order valence-electron chi connectivity index (χ4n) is 0.638. The number of aromatic nitrogens is 2. The first kappa shape index (κ1) is 7.59. The molecule has 1 amide bonds. The zero-order valence-electron chi connectivity index (χ0n) is 6.10. The van der Waals surface area contributed by atoms with Gasteiger partial charge in [-0.1, -0.05) is 6.92 Å². The molecule has 1 aromatic rings. The van der Waals surface area contributed by atoms with Crippen LogP contribution in [0.4, 0.5) is 5.82 Å². The van der Waals surface area contributed by atoms with Gasteiger partial charge in [0, 0.05) is 12.5 Å². The topological polar surface area (TPSA) is 77.8 Å². The average molecular weight is 155 g/mol. The minimum absolute atomic E-state index is 0.125. The van der Waals surface area contributed by atoms with Crippen molar-refractivity contribution in [2.45, 2.75) is 13.3 Å². The second-order valence-electron chi connectivity index (χ2n) is 2.07. The number of hydrogen-bond acceptors (Lipinski definition) is 2. The van der Waals surface area contributed by atoms with Gasteiger partial charge in [-0.2, -0.15) is 0 Å². The molecule has 0 saturated heterocycles. The molecule has 5 heteroatoms. The van der Waals surface area contributed by atoms with Crippen LogP contribution in [0.5, 0.6) is 0 Å². The van der Waals surface area contributed by atoms with E-state index in [1.54, 1.807) is 6.92 Å². The molecule has 5 nitrogen and oxygen atoms in total. The second kappa shape index (κ2) is 3.05. The molecule has 1 aromatic heterocycles. The molecule has 0 fully saturated rings. The van der Waals surface area contributed by atoms with Crippen LogP contribution in [0.15, 0.2) is 10.9 Å². The number of aromatic amines is 2. The summed E-state index contributed by atoms with van der Waals surface area (Å²) < 4.78 is 0. The normalized spacial score (nSPS) is 9.55. The molecule has 0 aliphatic rings. The van der Waals surface area contributed by atoms with Gasteiger partial charge in [-0.15, -0.1) is 0 Å². The van der Waals surface area contributed by atoms with Crippen LogP contribution in [-0.2, 0) is 4.79 Å². The number of carbonyl (C=O) groups excluding carboxylic acids is 1. The van der Waals surface area contributed by atoms with E-state index < -0.39 is 0 Å². The first-order valence-electron chi connectivity index (χ1n) is 3.30. The molecule has 0 aliphatic heterocycles. The fourth-order valence-corrected chi connectivity index (χ4v) is 0.638. The zero-order valence-corrected chi connectivity index (χ0v) is 6.10. The summed E-state index contributed by atoms with van der Waals surface area (Å²) in [6.07, 6.45) is 0.396. The fraction of sp³-hybridized carbons (Fsp3) is 0.333. The minimum Gasteiger partial charge on any atom is -0.311 e. The van der Waals surface area contributed by atoms with Crippen LogP contribution in [0.3, 0.4) is 0 Å². The molecular formula is C6H9N3O2. The first-order chi connectivity index (χ1) is 5.22. The van der Waals surface area contributed by atoms with Gasteiger partial charge in [-0.25, -0.2) is 0 Å². The van der Waals surface area contributed by atoms with E-state index in [-0.39, 0.29) is 11.5 Å². The van der Waals surface area contributed by atoms with E-state index in [4.69, 9.17) is 0 Å². The largest absolute Gasteiger partial charge is 0.311 e. The van der Waals surface area contributed by atoms with Crippen molar-refractivity contribution in [1.82, 2.24) is 10.2 Å². The summed E-state index contributed by atoms with van der Waals surface area (Å²) in [6.45, 7) is 1.74. The van der Waals surface area contributed by atoms with Crippen LogP contribution in [-0.4, -0.2) is 16.1 Å². The maximum Gasteiger partial charge on any atom is 0.266 e. The van der Waals surface area contributed by atoms with E-state index in [1.165, 1.54) is 6.07 Å². The third-order valence-electron chi connectivity index (χ3n) is 1.19. The molecule has 0 atom stereocenters. The van der Waals surface area contributed by atoms with Crippen LogP contribution in [0.2, 0.25) is 0 Å². The van der Waals surface area contributed by atoms with Gasteiger partial charge in [0.05, 0.1) is 0 Å². The Labute approximate surface area is 62.8 Å². The van der Waals surface area contributed by atoms with Crippen molar-refractivity contribution in [2.24, 2.45) is 0 Å². The maximum atomic E-state index is 10.7. The summed E-state index contributed by atoms with van der Waals surface area (Å²) in [6, 6.07) is 1.29. The quantitative estimate of drug-likeness (QED) is 0.564. The van der Waals surface area contributed by atoms with Crippen molar-refractivity contribution < 1.29 is 4.79 Å².